The molecule has 0 aliphatic carbocycles. The molecular formula is C13H19N3O2S. The number of carbonyl (C=O) groups excluding carboxylic acids is 1. The molecule has 0 fully saturated rings. The first-order chi connectivity index (χ1) is 8.93. The Morgan fingerprint density at radius 3 is 2.84 bits per heavy atom. The lowest BCUT2D eigenvalue weighted by molar-refractivity contribution is -0.127. The van der Waals surface area contributed by atoms with Crippen LogP contribution in [0.1, 0.15) is 25.8 Å². The minimum atomic E-state index is -0.813. The number of rotatable bonds is 6. The van der Waals surface area contributed by atoms with E-state index < -0.39 is 5.41 Å². The number of aromatic nitrogens is 1. The Balaban J connectivity index is 2.70. The van der Waals surface area contributed by atoms with Gasteiger partial charge in [-0.15, -0.1) is 0 Å². The van der Waals surface area contributed by atoms with Crippen LogP contribution in [0.25, 0.3) is 0 Å². The number of carbonyl (C=O) groups is 1. The minimum Gasteiger partial charge on any atom is -0.481 e. The molecule has 0 saturated carbocycles. The van der Waals surface area contributed by atoms with Gasteiger partial charge >= 0.3 is 0 Å². The number of nitrogens with zero attached hydrogens (tertiary/aromatic N) is 1. The highest BCUT2D eigenvalue weighted by Gasteiger charge is 2.34. The fraction of sp³-hybridized carbons (Fsp3) is 0.462. The van der Waals surface area contributed by atoms with Gasteiger partial charge in [0.1, 0.15) is 0 Å². The Labute approximate surface area is 118 Å². The summed E-state index contributed by atoms with van der Waals surface area (Å²) in [4.78, 5) is 16.4. The fourth-order valence-electron chi connectivity index (χ4n) is 1.50. The molecule has 1 aromatic rings. The molecule has 3 N–H and O–H groups in total. The smallest absolute Gasteiger partial charge is 0.233 e. The summed E-state index contributed by atoms with van der Waals surface area (Å²) in [7, 11) is 1.55. The quantitative estimate of drug-likeness (QED) is 0.771. The highest BCUT2D eigenvalue weighted by Crippen LogP contribution is 2.22. The molecule has 6 heteroatoms. The van der Waals surface area contributed by atoms with Crippen LogP contribution >= 0.6 is 12.2 Å². The maximum absolute atomic E-state index is 12.1. The number of ether oxygens (including phenoxy) is 1. The third-order valence-electron chi connectivity index (χ3n) is 3.21. The van der Waals surface area contributed by atoms with Crippen molar-refractivity contribution in [2.45, 2.75) is 26.8 Å². The number of amides is 1. The van der Waals surface area contributed by atoms with Crippen molar-refractivity contribution < 1.29 is 9.53 Å². The number of pyridine rings is 1. The number of methoxy groups -OCH3 is 1. The zero-order valence-corrected chi connectivity index (χ0v) is 12.2. The average molecular weight is 281 g/mol. The van der Waals surface area contributed by atoms with Gasteiger partial charge in [0.2, 0.25) is 11.8 Å². The van der Waals surface area contributed by atoms with Crippen LogP contribution in [-0.2, 0) is 11.3 Å². The van der Waals surface area contributed by atoms with Crippen molar-refractivity contribution >= 4 is 23.1 Å². The summed E-state index contributed by atoms with van der Waals surface area (Å²) in [5, 5.41) is 2.83. The predicted molar refractivity (Wildman–Crippen MR) is 77.8 cm³/mol. The summed E-state index contributed by atoms with van der Waals surface area (Å²) in [6.45, 7) is 4.02. The lowest BCUT2D eigenvalue weighted by atomic mass is 9.86. The van der Waals surface area contributed by atoms with Gasteiger partial charge in [-0.3, -0.25) is 4.79 Å². The van der Waals surface area contributed by atoms with Crippen LogP contribution in [0.15, 0.2) is 18.3 Å². The molecule has 0 aromatic carbocycles. The highest BCUT2D eigenvalue weighted by atomic mass is 32.1. The van der Waals surface area contributed by atoms with Crippen LogP contribution < -0.4 is 15.8 Å². The Kier molecular flexibility index (Phi) is 5.23. The van der Waals surface area contributed by atoms with Crippen molar-refractivity contribution in [3.05, 3.63) is 23.9 Å². The van der Waals surface area contributed by atoms with E-state index in [-0.39, 0.29) is 10.9 Å². The van der Waals surface area contributed by atoms with Gasteiger partial charge in [0, 0.05) is 18.8 Å². The SMILES string of the molecule is CCC(C)(C(=O)NCc1ccnc(OC)c1)C(N)=S. The second-order valence-electron chi connectivity index (χ2n) is 4.44. The van der Waals surface area contributed by atoms with Gasteiger partial charge in [-0.25, -0.2) is 4.98 Å². The topological polar surface area (TPSA) is 77.2 Å². The van der Waals surface area contributed by atoms with Crippen molar-refractivity contribution in [3.8, 4) is 5.88 Å². The lowest BCUT2D eigenvalue weighted by Gasteiger charge is -2.25. The Hall–Kier alpha value is -1.69. The zero-order chi connectivity index (χ0) is 14.5. The standard InChI is InChI=1S/C13H19N3O2S/c1-4-13(2,11(14)19)12(17)16-8-9-5-6-15-10(7-9)18-3/h5-7H,4,8H2,1-3H3,(H2,14,19)(H,16,17). The molecule has 19 heavy (non-hydrogen) atoms. The number of hydrogen-bond donors (Lipinski definition) is 2. The van der Waals surface area contributed by atoms with Crippen molar-refractivity contribution in [1.82, 2.24) is 10.3 Å². The van der Waals surface area contributed by atoms with E-state index in [1.54, 1.807) is 26.3 Å². The van der Waals surface area contributed by atoms with Crippen LogP contribution in [-0.4, -0.2) is 23.0 Å². The third-order valence-corrected chi connectivity index (χ3v) is 3.66. The summed E-state index contributed by atoms with van der Waals surface area (Å²) < 4.78 is 5.02. The molecule has 0 aliphatic rings. The molecule has 0 saturated heterocycles. The van der Waals surface area contributed by atoms with Crippen molar-refractivity contribution in [2.75, 3.05) is 7.11 Å². The van der Waals surface area contributed by atoms with E-state index in [0.717, 1.165) is 5.56 Å². The number of nitrogens with two attached hydrogens (primary N) is 1. The van der Waals surface area contributed by atoms with Gasteiger partial charge in [0.15, 0.2) is 0 Å². The van der Waals surface area contributed by atoms with Crippen LogP contribution in [0, 0.1) is 5.41 Å². The molecule has 1 heterocycles. The summed E-state index contributed by atoms with van der Waals surface area (Å²) in [6.07, 6.45) is 2.20. The van der Waals surface area contributed by atoms with E-state index in [1.165, 1.54) is 0 Å². The van der Waals surface area contributed by atoms with Crippen LogP contribution in [0.4, 0.5) is 0 Å². The highest BCUT2D eigenvalue weighted by molar-refractivity contribution is 7.80. The molecule has 1 rings (SSSR count). The molecule has 1 atom stereocenters. The molecule has 1 amide bonds. The Morgan fingerprint density at radius 2 is 2.32 bits per heavy atom. The van der Waals surface area contributed by atoms with Gasteiger partial charge < -0.3 is 15.8 Å². The third kappa shape index (κ3) is 3.64. The molecule has 0 bridgehead atoms. The molecule has 1 aromatic heterocycles. The normalized spacial score (nSPS) is 13.4. The fourth-order valence-corrected chi connectivity index (χ4v) is 1.73. The molecule has 0 radical (unpaired) electrons. The Morgan fingerprint density at radius 1 is 1.63 bits per heavy atom. The van der Waals surface area contributed by atoms with Gasteiger partial charge in [-0.2, -0.15) is 0 Å². The lowest BCUT2D eigenvalue weighted by Crippen LogP contribution is -2.46. The van der Waals surface area contributed by atoms with E-state index >= 15 is 0 Å². The summed E-state index contributed by atoms with van der Waals surface area (Å²) in [5.74, 6) is 0.345. The van der Waals surface area contributed by atoms with Gasteiger partial charge in [-0.05, 0) is 25.0 Å². The summed E-state index contributed by atoms with van der Waals surface area (Å²) in [5.41, 5.74) is 5.73. The number of nitrogens with one attached hydrogen (secondary N) is 1. The van der Waals surface area contributed by atoms with Crippen molar-refractivity contribution in [2.24, 2.45) is 11.1 Å². The minimum absolute atomic E-state index is 0.168. The van der Waals surface area contributed by atoms with Gasteiger partial charge in [0.05, 0.1) is 17.5 Å². The molecule has 0 aliphatic heterocycles. The number of hydrogen-bond acceptors (Lipinski definition) is 4. The van der Waals surface area contributed by atoms with Crippen LogP contribution in [0.3, 0.4) is 0 Å². The first-order valence-corrected chi connectivity index (χ1v) is 6.42. The second-order valence-corrected chi connectivity index (χ2v) is 4.88. The number of thiocarbonyl (C=S) groups is 1. The molecule has 1 unspecified atom stereocenters. The van der Waals surface area contributed by atoms with Crippen LogP contribution in [0.5, 0.6) is 5.88 Å². The average Bonchev–Trinajstić information content (AvgIpc) is 2.43. The predicted octanol–water partition coefficient (Wildman–Crippen LogP) is 1.41. The summed E-state index contributed by atoms with van der Waals surface area (Å²) >= 11 is 4.96. The zero-order valence-electron chi connectivity index (χ0n) is 11.4. The largest absolute Gasteiger partial charge is 0.481 e. The molecule has 0 spiro atoms. The maximum atomic E-state index is 12.1. The van der Waals surface area contributed by atoms with E-state index in [1.807, 2.05) is 13.0 Å². The van der Waals surface area contributed by atoms with Crippen molar-refractivity contribution in [1.29, 1.82) is 0 Å². The van der Waals surface area contributed by atoms with Gasteiger partial charge in [-0.1, -0.05) is 19.1 Å². The van der Waals surface area contributed by atoms with Gasteiger partial charge in [0.25, 0.3) is 0 Å². The van der Waals surface area contributed by atoms with E-state index in [2.05, 4.69) is 10.3 Å². The van der Waals surface area contributed by atoms with Crippen molar-refractivity contribution in [3.63, 3.8) is 0 Å². The van der Waals surface area contributed by atoms with E-state index in [0.29, 0.717) is 18.8 Å². The summed E-state index contributed by atoms with van der Waals surface area (Å²) in [6, 6.07) is 3.58. The monoisotopic (exact) mass is 281 g/mol. The second kappa shape index (κ2) is 6.47. The molecule has 5 nitrogen and oxygen atoms in total. The van der Waals surface area contributed by atoms with Crippen LogP contribution in [0.2, 0.25) is 0 Å². The first kappa shape index (κ1) is 15.4. The van der Waals surface area contributed by atoms with E-state index in [4.69, 9.17) is 22.7 Å². The maximum Gasteiger partial charge on any atom is 0.233 e. The molecular weight excluding hydrogens is 262 g/mol. The first-order valence-electron chi connectivity index (χ1n) is 6.01. The molecule has 104 valence electrons. The van der Waals surface area contributed by atoms with E-state index in [9.17, 15) is 4.79 Å². The Bertz CT molecular complexity index is 479.